The van der Waals surface area contributed by atoms with Gasteiger partial charge in [0.25, 0.3) is 11.8 Å². The second-order valence-electron chi connectivity index (χ2n) is 8.31. The summed E-state index contributed by atoms with van der Waals surface area (Å²) in [5, 5.41) is 2.90. The Morgan fingerprint density at radius 1 is 1.11 bits per heavy atom. The zero-order valence-corrected chi connectivity index (χ0v) is 20.2. The highest BCUT2D eigenvalue weighted by Crippen LogP contribution is 2.28. The molecule has 1 aliphatic rings. The first kappa shape index (κ1) is 23.1. The third kappa shape index (κ3) is 4.26. The molecule has 9 heteroatoms. The predicted octanol–water partition coefficient (Wildman–Crippen LogP) is 4.19. The quantitative estimate of drug-likeness (QED) is 0.428. The SMILES string of the molecule is COc1cc(C(=O)N(C)c2ccccc2C2=NCCO2)ccc1C(=O)Nc1cccc2[nH]c(C)nc12. The monoisotopic (exact) mass is 483 g/mol. The van der Waals surface area contributed by atoms with Crippen molar-refractivity contribution in [2.24, 2.45) is 4.99 Å². The minimum absolute atomic E-state index is 0.261. The number of aromatic amines is 1. The molecule has 9 nitrogen and oxygen atoms in total. The van der Waals surface area contributed by atoms with Crippen LogP contribution >= 0.6 is 0 Å². The van der Waals surface area contributed by atoms with Crippen LogP contribution in [0.3, 0.4) is 0 Å². The number of aromatic nitrogens is 2. The largest absolute Gasteiger partial charge is 0.496 e. The number of hydrogen-bond donors (Lipinski definition) is 2. The Labute approximate surface area is 207 Å². The van der Waals surface area contributed by atoms with E-state index >= 15 is 0 Å². The Kier molecular flexibility index (Phi) is 6.12. The Balaban J connectivity index is 1.41. The number of para-hydroxylation sites is 2. The molecule has 0 bridgehead atoms. The van der Waals surface area contributed by atoms with E-state index in [-0.39, 0.29) is 17.6 Å². The highest BCUT2D eigenvalue weighted by atomic mass is 16.5. The number of anilines is 2. The summed E-state index contributed by atoms with van der Waals surface area (Å²) in [4.78, 5) is 40.0. The van der Waals surface area contributed by atoms with Crippen molar-refractivity contribution in [3.05, 3.63) is 83.2 Å². The van der Waals surface area contributed by atoms with Gasteiger partial charge in [0.05, 0.1) is 41.7 Å². The van der Waals surface area contributed by atoms with Gasteiger partial charge in [-0.05, 0) is 49.4 Å². The average molecular weight is 484 g/mol. The number of nitrogens with one attached hydrogen (secondary N) is 2. The first-order chi connectivity index (χ1) is 17.5. The van der Waals surface area contributed by atoms with Crippen molar-refractivity contribution in [2.45, 2.75) is 6.92 Å². The van der Waals surface area contributed by atoms with E-state index < -0.39 is 0 Å². The number of fused-ring (bicyclic) bond motifs is 1. The first-order valence-electron chi connectivity index (χ1n) is 11.5. The van der Waals surface area contributed by atoms with Gasteiger partial charge >= 0.3 is 0 Å². The fourth-order valence-electron chi connectivity index (χ4n) is 4.21. The second kappa shape index (κ2) is 9.53. The summed E-state index contributed by atoms with van der Waals surface area (Å²) >= 11 is 0. The van der Waals surface area contributed by atoms with Crippen molar-refractivity contribution in [1.29, 1.82) is 0 Å². The van der Waals surface area contributed by atoms with Gasteiger partial charge in [0.1, 0.15) is 23.7 Å². The van der Waals surface area contributed by atoms with Gasteiger partial charge in [-0.25, -0.2) is 9.98 Å². The zero-order chi connectivity index (χ0) is 25.2. The molecule has 36 heavy (non-hydrogen) atoms. The molecule has 182 valence electrons. The van der Waals surface area contributed by atoms with Crippen molar-refractivity contribution in [1.82, 2.24) is 9.97 Å². The van der Waals surface area contributed by atoms with Crippen LogP contribution < -0.4 is 15.0 Å². The fraction of sp³-hybridized carbons (Fsp3) is 0.185. The van der Waals surface area contributed by atoms with E-state index in [0.29, 0.717) is 47.1 Å². The number of aliphatic imine (C=N–C) groups is 1. The fourth-order valence-corrected chi connectivity index (χ4v) is 4.21. The number of hydrogen-bond acceptors (Lipinski definition) is 6. The Hall–Kier alpha value is -4.66. The van der Waals surface area contributed by atoms with Gasteiger partial charge in [-0.1, -0.05) is 18.2 Å². The van der Waals surface area contributed by atoms with E-state index in [1.54, 1.807) is 31.3 Å². The third-order valence-corrected chi connectivity index (χ3v) is 5.96. The molecule has 4 aromatic rings. The molecule has 0 unspecified atom stereocenters. The van der Waals surface area contributed by atoms with Crippen molar-refractivity contribution >= 4 is 40.1 Å². The van der Waals surface area contributed by atoms with Crippen molar-refractivity contribution < 1.29 is 19.1 Å². The van der Waals surface area contributed by atoms with E-state index in [2.05, 4.69) is 20.3 Å². The van der Waals surface area contributed by atoms with E-state index in [0.717, 1.165) is 16.9 Å². The van der Waals surface area contributed by atoms with Gasteiger partial charge in [0.2, 0.25) is 5.90 Å². The summed E-state index contributed by atoms with van der Waals surface area (Å²) in [7, 11) is 3.16. The lowest BCUT2D eigenvalue weighted by Gasteiger charge is -2.21. The lowest BCUT2D eigenvalue weighted by molar-refractivity contribution is 0.0988. The van der Waals surface area contributed by atoms with Crippen molar-refractivity contribution in [2.75, 3.05) is 37.5 Å². The van der Waals surface area contributed by atoms with Gasteiger partial charge in [-0.3, -0.25) is 9.59 Å². The number of imidazole rings is 1. The number of aryl methyl sites for hydroxylation is 1. The molecule has 0 saturated heterocycles. The Bertz CT molecular complexity index is 1510. The summed E-state index contributed by atoms with van der Waals surface area (Å²) in [6, 6.07) is 17.7. The normalized spacial score (nSPS) is 12.7. The topological polar surface area (TPSA) is 109 Å². The molecule has 2 N–H and O–H groups in total. The first-order valence-corrected chi connectivity index (χ1v) is 11.5. The molecular formula is C27H25N5O4. The molecule has 0 saturated carbocycles. The average Bonchev–Trinajstić information content (AvgIpc) is 3.57. The molecule has 0 spiro atoms. The molecule has 0 atom stereocenters. The van der Waals surface area contributed by atoms with Crippen LogP contribution in [-0.2, 0) is 4.74 Å². The maximum atomic E-state index is 13.4. The Morgan fingerprint density at radius 2 is 1.94 bits per heavy atom. The van der Waals surface area contributed by atoms with Crippen LogP contribution in [0.15, 0.2) is 65.7 Å². The molecule has 1 aromatic heterocycles. The predicted molar refractivity (Wildman–Crippen MR) is 138 cm³/mol. The zero-order valence-electron chi connectivity index (χ0n) is 20.2. The highest BCUT2D eigenvalue weighted by molar-refractivity contribution is 6.13. The highest BCUT2D eigenvalue weighted by Gasteiger charge is 2.23. The van der Waals surface area contributed by atoms with Crippen LogP contribution in [0.1, 0.15) is 32.1 Å². The number of H-pyrrole nitrogens is 1. The number of carbonyl (C=O) groups excluding carboxylic acids is 2. The molecule has 0 fully saturated rings. The molecule has 3 aromatic carbocycles. The number of nitrogens with zero attached hydrogens (tertiary/aromatic N) is 3. The van der Waals surface area contributed by atoms with Crippen molar-refractivity contribution in [3.63, 3.8) is 0 Å². The molecule has 5 rings (SSSR count). The number of carbonyl (C=O) groups is 2. The second-order valence-corrected chi connectivity index (χ2v) is 8.31. The minimum atomic E-state index is -0.367. The molecule has 2 heterocycles. The smallest absolute Gasteiger partial charge is 0.259 e. The van der Waals surface area contributed by atoms with Crippen LogP contribution in [0.5, 0.6) is 5.75 Å². The molecular weight excluding hydrogens is 458 g/mol. The van der Waals surface area contributed by atoms with Crippen LogP contribution in [0.25, 0.3) is 11.0 Å². The minimum Gasteiger partial charge on any atom is -0.496 e. The number of ether oxygens (including phenoxy) is 2. The van der Waals surface area contributed by atoms with Gasteiger partial charge in [0, 0.05) is 12.6 Å². The summed E-state index contributed by atoms with van der Waals surface area (Å²) in [5.41, 5.74) is 4.18. The van der Waals surface area contributed by atoms with Crippen molar-refractivity contribution in [3.8, 4) is 5.75 Å². The molecule has 1 aliphatic heterocycles. The standard InChI is InChI=1S/C27H25N5O4/c1-16-29-20-8-6-9-21(24(20)30-16)31-25(33)19-12-11-17(15-23(19)35-3)27(34)32(2)22-10-5-4-7-18(22)26-28-13-14-36-26/h4-12,15H,13-14H2,1-3H3,(H,29,30)(H,31,33). The van der Waals surface area contributed by atoms with Crippen LogP contribution in [0.4, 0.5) is 11.4 Å². The third-order valence-electron chi connectivity index (χ3n) is 5.96. The van der Waals surface area contributed by atoms with Crippen LogP contribution in [0.2, 0.25) is 0 Å². The summed E-state index contributed by atoms with van der Waals surface area (Å²) in [5.74, 6) is 0.937. The van der Waals surface area contributed by atoms with Gasteiger partial charge < -0.3 is 24.7 Å². The van der Waals surface area contributed by atoms with Crippen LogP contribution in [-0.4, -0.2) is 55.0 Å². The number of benzene rings is 3. The summed E-state index contributed by atoms with van der Waals surface area (Å²) in [6.45, 7) is 2.97. The Morgan fingerprint density at radius 3 is 2.72 bits per heavy atom. The molecule has 0 radical (unpaired) electrons. The van der Waals surface area contributed by atoms with E-state index in [4.69, 9.17) is 9.47 Å². The van der Waals surface area contributed by atoms with Crippen LogP contribution in [0, 0.1) is 6.92 Å². The van der Waals surface area contributed by atoms with Gasteiger partial charge in [-0.15, -0.1) is 0 Å². The number of methoxy groups -OCH3 is 1. The van der Waals surface area contributed by atoms with Gasteiger partial charge in [-0.2, -0.15) is 0 Å². The lowest BCUT2D eigenvalue weighted by atomic mass is 10.1. The lowest BCUT2D eigenvalue weighted by Crippen LogP contribution is -2.28. The van der Waals surface area contributed by atoms with Gasteiger partial charge in [0.15, 0.2) is 0 Å². The molecule has 0 aliphatic carbocycles. The number of amides is 2. The summed E-state index contributed by atoms with van der Waals surface area (Å²) in [6.07, 6.45) is 0. The maximum Gasteiger partial charge on any atom is 0.259 e. The molecule has 2 amide bonds. The van der Waals surface area contributed by atoms with E-state index in [1.807, 2.05) is 43.3 Å². The van der Waals surface area contributed by atoms with E-state index in [1.165, 1.54) is 12.0 Å². The summed E-state index contributed by atoms with van der Waals surface area (Å²) < 4.78 is 11.1. The number of rotatable bonds is 6. The maximum absolute atomic E-state index is 13.4. The van der Waals surface area contributed by atoms with E-state index in [9.17, 15) is 9.59 Å².